The Morgan fingerprint density at radius 2 is 1.78 bits per heavy atom. The summed E-state index contributed by atoms with van der Waals surface area (Å²) in [6.45, 7) is 4.09. The van der Waals surface area contributed by atoms with Crippen molar-refractivity contribution in [2.75, 3.05) is 19.0 Å². The Kier molecular flexibility index (Phi) is 8.48. The van der Waals surface area contributed by atoms with Gasteiger partial charge in [-0.3, -0.25) is 4.79 Å². The lowest BCUT2D eigenvalue weighted by Gasteiger charge is -2.11. The van der Waals surface area contributed by atoms with Gasteiger partial charge in [-0.05, 0) is 38.1 Å². The lowest BCUT2D eigenvalue weighted by molar-refractivity contribution is -0.119. The highest BCUT2D eigenvalue weighted by Crippen LogP contribution is 2.24. The summed E-state index contributed by atoms with van der Waals surface area (Å²) >= 11 is 7.31. The summed E-state index contributed by atoms with van der Waals surface area (Å²) in [6, 6.07) is 14.2. The summed E-state index contributed by atoms with van der Waals surface area (Å²) in [6.07, 6.45) is 0. The van der Waals surface area contributed by atoms with Gasteiger partial charge >= 0.3 is 5.97 Å². The third-order valence-corrected chi connectivity index (χ3v) is 4.71. The highest BCUT2D eigenvalue weighted by atomic mass is 35.5. The number of carbonyl (C=O) groups is 2. The van der Waals surface area contributed by atoms with Gasteiger partial charge in [-0.15, -0.1) is 11.8 Å². The molecule has 0 fully saturated rings. The van der Waals surface area contributed by atoms with Gasteiger partial charge < -0.3 is 14.8 Å². The van der Waals surface area contributed by atoms with Crippen molar-refractivity contribution in [3.8, 4) is 5.75 Å². The van der Waals surface area contributed by atoms with Gasteiger partial charge in [0, 0.05) is 10.9 Å². The fraction of sp³-hybridized carbons (Fsp3) is 0.300. The zero-order valence-electron chi connectivity index (χ0n) is 15.2. The molecule has 0 radical (unpaired) electrons. The largest absolute Gasteiger partial charge is 0.488 e. The van der Waals surface area contributed by atoms with Crippen LogP contribution in [0.25, 0.3) is 0 Å². The molecule has 0 aromatic heterocycles. The fourth-order valence-electron chi connectivity index (χ4n) is 2.19. The van der Waals surface area contributed by atoms with Gasteiger partial charge in [0.05, 0.1) is 16.3 Å². The number of nitrogens with one attached hydrogen (secondary N) is 1. The molecule has 0 spiro atoms. The van der Waals surface area contributed by atoms with Crippen molar-refractivity contribution in [3.63, 3.8) is 0 Å². The van der Waals surface area contributed by atoms with Crippen LogP contribution in [0.4, 0.5) is 0 Å². The SMILES string of the molecule is CC(C)NC(=O)CSc1ccccc1C(=O)OCCOc1ccccc1Cl. The van der Waals surface area contributed by atoms with Crippen LogP contribution in [0.3, 0.4) is 0 Å². The predicted octanol–water partition coefficient (Wildman–Crippen LogP) is 4.19. The molecule has 5 nitrogen and oxygen atoms in total. The predicted molar refractivity (Wildman–Crippen MR) is 108 cm³/mol. The van der Waals surface area contributed by atoms with Crippen LogP contribution < -0.4 is 10.1 Å². The average Bonchev–Trinajstić information content (AvgIpc) is 2.64. The van der Waals surface area contributed by atoms with Gasteiger partial charge in [0.25, 0.3) is 0 Å². The van der Waals surface area contributed by atoms with Crippen molar-refractivity contribution >= 4 is 35.2 Å². The molecule has 0 saturated carbocycles. The molecular formula is C20H22ClNO4S. The quantitative estimate of drug-likeness (QED) is 0.383. The number of carbonyl (C=O) groups excluding carboxylic acids is 2. The highest BCUT2D eigenvalue weighted by Gasteiger charge is 2.14. The first-order chi connectivity index (χ1) is 13.0. The van der Waals surface area contributed by atoms with Crippen LogP contribution in [-0.2, 0) is 9.53 Å². The minimum Gasteiger partial charge on any atom is -0.488 e. The minimum absolute atomic E-state index is 0.0775. The smallest absolute Gasteiger partial charge is 0.339 e. The van der Waals surface area contributed by atoms with E-state index < -0.39 is 5.97 Å². The topological polar surface area (TPSA) is 64.6 Å². The van der Waals surface area contributed by atoms with E-state index in [1.165, 1.54) is 11.8 Å². The summed E-state index contributed by atoms with van der Waals surface area (Å²) in [4.78, 5) is 24.9. The van der Waals surface area contributed by atoms with E-state index in [0.29, 0.717) is 21.2 Å². The van der Waals surface area contributed by atoms with Crippen LogP contribution in [0.5, 0.6) is 5.75 Å². The average molecular weight is 408 g/mol. The maximum atomic E-state index is 12.3. The van der Waals surface area contributed by atoms with Crippen molar-refractivity contribution in [2.24, 2.45) is 0 Å². The lowest BCUT2D eigenvalue weighted by atomic mass is 10.2. The Hall–Kier alpha value is -2.18. The molecule has 1 amide bonds. The molecule has 2 aromatic rings. The molecule has 0 atom stereocenters. The standard InChI is InChI=1S/C20H22ClNO4S/c1-14(2)22-19(23)13-27-18-10-6-3-7-15(18)20(24)26-12-11-25-17-9-5-4-8-16(17)21/h3-10,14H,11-13H2,1-2H3,(H,22,23). The zero-order valence-corrected chi connectivity index (χ0v) is 16.8. The van der Waals surface area contributed by atoms with Crippen molar-refractivity contribution < 1.29 is 19.1 Å². The van der Waals surface area contributed by atoms with Crippen LogP contribution in [0.15, 0.2) is 53.4 Å². The van der Waals surface area contributed by atoms with Crippen molar-refractivity contribution in [1.29, 1.82) is 0 Å². The molecule has 0 bridgehead atoms. The minimum atomic E-state index is -0.454. The number of para-hydroxylation sites is 1. The number of esters is 1. The van der Waals surface area contributed by atoms with Gasteiger partial charge in [0.2, 0.25) is 5.91 Å². The van der Waals surface area contributed by atoms with E-state index >= 15 is 0 Å². The number of benzene rings is 2. The molecule has 0 aliphatic heterocycles. The molecule has 144 valence electrons. The van der Waals surface area contributed by atoms with Crippen LogP contribution in [-0.4, -0.2) is 36.9 Å². The normalized spacial score (nSPS) is 10.5. The first kappa shape index (κ1) is 21.1. The second kappa shape index (κ2) is 10.8. The first-order valence-corrected chi connectivity index (χ1v) is 9.89. The van der Waals surface area contributed by atoms with E-state index in [2.05, 4.69) is 5.32 Å². The number of rotatable bonds is 9. The summed E-state index contributed by atoms with van der Waals surface area (Å²) in [5, 5.41) is 3.33. The molecule has 0 unspecified atom stereocenters. The van der Waals surface area contributed by atoms with Gasteiger partial charge in [-0.2, -0.15) is 0 Å². The molecule has 7 heteroatoms. The Labute approximate surface area is 168 Å². The van der Waals surface area contributed by atoms with E-state index in [0.717, 1.165) is 0 Å². The van der Waals surface area contributed by atoms with Gasteiger partial charge in [0.15, 0.2) is 0 Å². The molecule has 0 aliphatic rings. The Bertz CT molecular complexity index is 782. The number of hydrogen-bond acceptors (Lipinski definition) is 5. The maximum Gasteiger partial charge on any atom is 0.339 e. The summed E-state index contributed by atoms with van der Waals surface area (Å²) in [5.41, 5.74) is 0.428. The summed E-state index contributed by atoms with van der Waals surface area (Å²) in [5.74, 6) is 0.247. The van der Waals surface area contributed by atoms with Gasteiger partial charge in [-0.25, -0.2) is 4.79 Å². The van der Waals surface area contributed by atoms with Crippen LogP contribution in [0.1, 0.15) is 24.2 Å². The van der Waals surface area contributed by atoms with Gasteiger partial charge in [-0.1, -0.05) is 35.9 Å². The van der Waals surface area contributed by atoms with Gasteiger partial charge in [0.1, 0.15) is 19.0 Å². The number of amides is 1. The van der Waals surface area contributed by atoms with Crippen LogP contribution in [0, 0.1) is 0 Å². The monoisotopic (exact) mass is 407 g/mol. The van der Waals surface area contributed by atoms with E-state index in [1.807, 2.05) is 32.0 Å². The maximum absolute atomic E-state index is 12.3. The Morgan fingerprint density at radius 3 is 2.52 bits per heavy atom. The van der Waals surface area contributed by atoms with Crippen LogP contribution >= 0.6 is 23.4 Å². The first-order valence-electron chi connectivity index (χ1n) is 8.53. The Balaban J connectivity index is 1.85. The number of ether oxygens (including phenoxy) is 2. The molecule has 0 aliphatic carbocycles. The number of thioether (sulfide) groups is 1. The number of hydrogen-bond donors (Lipinski definition) is 1. The molecule has 0 heterocycles. The molecule has 1 N–H and O–H groups in total. The molecule has 2 rings (SSSR count). The van der Waals surface area contributed by atoms with E-state index in [4.69, 9.17) is 21.1 Å². The van der Waals surface area contributed by atoms with Crippen LogP contribution in [0.2, 0.25) is 5.02 Å². The van der Waals surface area contributed by atoms with Crippen molar-refractivity contribution in [1.82, 2.24) is 5.32 Å². The van der Waals surface area contributed by atoms with Crippen molar-refractivity contribution in [2.45, 2.75) is 24.8 Å². The fourth-order valence-corrected chi connectivity index (χ4v) is 3.24. The molecule has 0 saturated heterocycles. The third-order valence-electron chi connectivity index (χ3n) is 3.33. The van der Waals surface area contributed by atoms with E-state index in [-0.39, 0.29) is 30.9 Å². The number of halogens is 1. The zero-order chi connectivity index (χ0) is 19.6. The van der Waals surface area contributed by atoms with E-state index in [9.17, 15) is 9.59 Å². The molecular weight excluding hydrogens is 386 g/mol. The third kappa shape index (κ3) is 7.15. The molecule has 2 aromatic carbocycles. The second-order valence-electron chi connectivity index (χ2n) is 5.92. The lowest BCUT2D eigenvalue weighted by Crippen LogP contribution is -2.31. The highest BCUT2D eigenvalue weighted by molar-refractivity contribution is 8.00. The Morgan fingerprint density at radius 1 is 1.07 bits per heavy atom. The second-order valence-corrected chi connectivity index (χ2v) is 7.35. The molecule has 27 heavy (non-hydrogen) atoms. The van der Waals surface area contributed by atoms with E-state index in [1.54, 1.807) is 30.3 Å². The summed E-state index contributed by atoms with van der Waals surface area (Å²) in [7, 11) is 0. The van der Waals surface area contributed by atoms with Crippen molar-refractivity contribution in [3.05, 3.63) is 59.1 Å². The summed E-state index contributed by atoms with van der Waals surface area (Å²) < 4.78 is 10.8.